The maximum atomic E-state index is 12.5. The van der Waals surface area contributed by atoms with Crippen LogP contribution in [-0.4, -0.2) is 30.9 Å². The van der Waals surface area contributed by atoms with Gasteiger partial charge in [0, 0.05) is 19.0 Å². The normalized spacial score (nSPS) is 10.9. The lowest BCUT2D eigenvalue weighted by molar-refractivity contribution is -0.122. The Bertz CT molecular complexity index is 779. The van der Waals surface area contributed by atoms with Crippen LogP contribution in [0.2, 0.25) is 0 Å². The Morgan fingerprint density at radius 2 is 1.30 bits per heavy atom. The zero-order valence-electron chi connectivity index (χ0n) is 15.7. The molecule has 0 aliphatic carbocycles. The Morgan fingerprint density at radius 3 is 1.81 bits per heavy atom. The Kier molecular flexibility index (Phi) is 6.78. The molecule has 0 atom stereocenters. The summed E-state index contributed by atoms with van der Waals surface area (Å²) in [4.78, 5) is 14.5. The first-order chi connectivity index (χ1) is 13.2. The number of amides is 1. The molecule has 3 nitrogen and oxygen atoms in total. The summed E-state index contributed by atoms with van der Waals surface area (Å²) in [5.74, 6) is 0.195. The molecule has 1 N–H and O–H groups in total. The minimum atomic E-state index is 0.0466. The summed E-state index contributed by atoms with van der Waals surface area (Å²) < 4.78 is 0. The number of likely N-dealkylation sites (N-methyl/N-ethyl adjacent to an activating group) is 1. The van der Waals surface area contributed by atoms with Crippen LogP contribution in [0.25, 0.3) is 0 Å². The fraction of sp³-hybridized carbons (Fsp3) is 0.208. The van der Waals surface area contributed by atoms with E-state index in [0.29, 0.717) is 13.1 Å². The molecule has 3 aromatic rings. The Morgan fingerprint density at radius 1 is 0.815 bits per heavy atom. The van der Waals surface area contributed by atoms with E-state index < -0.39 is 0 Å². The van der Waals surface area contributed by atoms with Crippen molar-refractivity contribution in [2.75, 3.05) is 20.1 Å². The fourth-order valence-corrected chi connectivity index (χ4v) is 3.27. The third kappa shape index (κ3) is 5.80. The molecular weight excluding hydrogens is 332 g/mol. The van der Waals surface area contributed by atoms with E-state index in [9.17, 15) is 4.79 Å². The van der Waals surface area contributed by atoms with E-state index in [1.165, 1.54) is 16.7 Å². The zero-order valence-corrected chi connectivity index (χ0v) is 15.7. The molecule has 3 heteroatoms. The van der Waals surface area contributed by atoms with Crippen LogP contribution in [0.3, 0.4) is 0 Å². The van der Waals surface area contributed by atoms with Gasteiger partial charge in [0.15, 0.2) is 0 Å². The van der Waals surface area contributed by atoms with Crippen LogP contribution in [0, 0.1) is 0 Å². The van der Waals surface area contributed by atoms with E-state index in [-0.39, 0.29) is 11.8 Å². The lowest BCUT2D eigenvalue weighted by atomic mass is 9.91. The van der Waals surface area contributed by atoms with Crippen LogP contribution >= 0.6 is 0 Å². The molecule has 0 heterocycles. The highest BCUT2D eigenvalue weighted by Gasteiger charge is 2.15. The minimum Gasteiger partial charge on any atom is -0.354 e. The van der Waals surface area contributed by atoms with Gasteiger partial charge in [0.25, 0.3) is 0 Å². The molecule has 0 aliphatic rings. The van der Waals surface area contributed by atoms with E-state index in [1.54, 1.807) is 0 Å². The molecule has 3 rings (SSSR count). The van der Waals surface area contributed by atoms with E-state index in [0.717, 1.165) is 6.54 Å². The van der Waals surface area contributed by atoms with Gasteiger partial charge < -0.3 is 5.32 Å². The molecule has 0 saturated carbocycles. The standard InChI is InChI=1S/C24H26N2O/c1-26(18-20-11-5-2-6-12-20)19-24(27)25-17-23(21-13-7-3-8-14-21)22-15-9-4-10-16-22/h2-16,23H,17-19H2,1H3,(H,25,27). The third-order valence-electron chi connectivity index (χ3n) is 4.62. The van der Waals surface area contributed by atoms with Gasteiger partial charge in [0.2, 0.25) is 5.91 Å². The monoisotopic (exact) mass is 358 g/mol. The van der Waals surface area contributed by atoms with Crippen LogP contribution in [-0.2, 0) is 11.3 Å². The van der Waals surface area contributed by atoms with Crippen LogP contribution in [0.5, 0.6) is 0 Å². The van der Waals surface area contributed by atoms with Crippen molar-refractivity contribution in [3.63, 3.8) is 0 Å². The van der Waals surface area contributed by atoms with Crippen molar-refractivity contribution in [1.82, 2.24) is 10.2 Å². The second-order valence-corrected chi connectivity index (χ2v) is 6.84. The van der Waals surface area contributed by atoms with Gasteiger partial charge >= 0.3 is 0 Å². The number of carbonyl (C=O) groups is 1. The maximum Gasteiger partial charge on any atom is 0.234 e. The number of carbonyl (C=O) groups excluding carboxylic acids is 1. The van der Waals surface area contributed by atoms with Crippen molar-refractivity contribution in [2.45, 2.75) is 12.5 Å². The number of hydrogen-bond acceptors (Lipinski definition) is 2. The smallest absolute Gasteiger partial charge is 0.234 e. The van der Waals surface area contributed by atoms with Crippen molar-refractivity contribution in [2.24, 2.45) is 0 Å². The SMILES string of the molecule is CN(CC(=O)NCC(c1ccccc1)c1ccccc1)Cc1ccccc1. The fourth-order valence-electron chi connectivity index (χ4n) is 3.27. The van der Waals surface area contributed by atoms with Crippen molar-refractivity contribution < 1.29 is 4.79 Å². The van der Waals surface area contributed by atoms with E-state index in [2.05, 4.69) is 41.7 Å². The largest absolute Gasteiger partial charge is 0.354 e. The van der Waals surface area contributed by atoms with Gasteiger partial charge in [-0.2, -0.15) is 0 Å². The van der Waals surface area contributed by atoms with Crippen LogP contribution < -0.4 is 5.32 Å². The molecule has 0 spiro atoms. The first-order valence-electron chi connectivity index (χ1n) is 9.31. The quantitative estimate of drug-likeness (QED) is 0.658. The molecule has 0 saturated heterocycles. The van der Waals surface area contributed by atoms with E-state index >= 15 is 0 Å². The summed E-state index contributed by atoms with van der Waals surface area (Å²) in [5.41, 5.74) is 3.63. The minimum absolute atomic E-state index is 0.0466. The van der Waals surface area contributed by atoms with E-state index in [1.807, 2.05) is 66.5 Å². The average Bonchev–Trinajstić information content (AvgIpc) is 2.70. The van der Waals surface area contributed by atoms with Crippen molar-refractivity contribution >= 4 is 5.91 Å². The summed E-state index contributed by atoms with van der Waals surface area (Å²) in [6.45, 7) is 1.73. The lowest BCUT2D eigenvalue weighted by Gasteiger charge is -2.21. The van der Waals surface area contributed by atoms with Crippen LogP contribution in [0.15, 0.2) is 91.0 Å². The average molecular weight is 358 g/mol. The van der Waals surface area contributed by atoms with Gasteiger partial charge in [0.05, 0.1) is 6.54 Å². The van der Waals surface area contributed by atoms with Gasteiger partial charge in [-0.3, -0.25) is 9.69 Å². The molecule has 0 aromatic heterocycles. The number of benzene rings is 3. The molecular formula is C24H26N2O. The van der Waals surface area contributed by atoms with Crippen molar-refractivity contribution in [3.05, 3.63) is 108 Å². The summed E-state index contributed by atoms with van der Waals surface area (Å²) in [6, 6.07) is 30.9. The summed E-state index contributed by atoms with van der Waals surface area (Å²) in [5, 5.41) is 3.12. The summed E-state index contributed by atoms with van der Waals surface area (Å²) in [7, 11) is 1.97. The van der Waals surface area contributed by atoms with Crippen LogP contribution in [0.4, 0.5) is 0 Å². The van der Waals surface area contributed by atoms with Gasteiger partial charge in [-0.25, -0.2) is 0 Å². The van der Waals surface area contributed by atoms with Crippen molar-refractivity contribution in [1.29, 1.82) is 0 Å². The van der Waals surface area contributed by atoms with Gasteiger partial charge in [0.1, 0.15) is 0 Å². The lowest BCUT2D eigenvalue weighted by Crippen LogP contribution is -2.37. The molecule has 0 unspecified atom stereocenters. The molecule has 0 fully saturated rings. The topological polar surface area (TPSA) is 32.3 Å². The zero-order chi connectivity index (χ0) is 18.9. The highest BCUT2D eigenvalue weighted by Crippen LogP contribution is 2.23. The van der Waals surface area contributed by atoms with E-state index in [4.69, 9.17) is 0 Å². The molecule has 1 amide bonds. The summed E-state index contributed by atoms with van der Waals surface area (Å²) in [6.07, 6.45) is 0. The molecule has 0 aliphatic heterocycles. The third-order valence-corrected chi connectivity index (χ3v) is 4.62. The molecule has 27 heavy (non-hydrogen) atoms. The van der Waals surface area contributed by atoms with Crippen molar-refractivity contribution in [3.8, 4) is 0 Å². The Hall–Kier alpha value is -2.91. The maximum absolute atomic E-state index is 12.5. The Labute approximate surface area is 161 Å². The molecule has 3 aromatic carbocycles. The second kappa shape index (κ2) is 9.70. The molecule has 138 valence electrons. The number of rotatable bonds is 8. The second-order valence-electron chi connectivity index (χ2n) is 6.84. The molecule has 0 bridgehead atoms. The predicted octanol–water partition coefficient (Wildman–Crippen LogP) is 4.07. The van der Waals surface area contributed by atoms with Gasteiger partial charge in [-0.15, -0.1) is 0 Å². The van der Waals surface area contributed by atoms with Gasteiger partial charge in [-0.05, 0) is 23.7 Å². The van der Waals surface area contributed by atoms with Crippen LogP contribution in [0.1, 0.15) is 22.6 Å². The van der Waals surface area contributed by atoms with Gasteiger partial charge in [-0.1, -0.05) is 91.0 Å². The highest BCUT2D eigenvalue weighted by molar-refractivity contribution is 5.78. The summed E-state index contributed by atoms with van der Waals surface area (Å²) >= 11 is 0. The predicted molar refractivity (Wildman–Crippen MR) is 111 cm³/mol. The Balaban J connectivity index is 1.59. The first kappa shape index (κ1) is 18.9. The first-order valence-corrected chi connectivity index (χ1v) is 9.31. The molecule has 0 radical (unpaired) electrons. The highest BCUT2D eigenvalue weighted by atomic mass is 16.2. The number of nitrogens with zero attached hydrogens (tertiary/aromatic N) is 1. The number of hydrogen-bond donors (Lipinski definition) is 1. The number of nitrogens with one attached hydrogen (secondary N) is 1.